The Kier molecular flexibility index (Phi) is 4.32. The van der Waals surface area contributed by atoms with Crippen molar-refractivity contribution in [3.05, 3.63) is 42.6 Å². The molecule has 0 spiro atoms. The first-order chi connectivity index (χ1) is 12.7. The average molecular weight is 355 g/mol. The number of nitrogens with one attached hydrogen (secondary N) is 1. The highest BCUT2D eigenvalue weighted by Crippen LogP contribution is 2.47. The highest BCUT2D eigenvalue weighted by atomic mass is 16.3. The van der Waals surface area contributed by atoms with Gasteiger partial charge in [-0.3, -0.25) is 9.59 Å². The lowest BCUT2D eigenvalue weighted by atomic mass is 10.0. The van der Waals surface area contributed by atoms with E-state index in [9.17, 15) is 9.59 Å². The normalized spacial score (nSPS) is 18.5. The van der Waals surface area contributed by atoms with Gasteiger partial charge in [0.1, 0.15) is 11.2 Å². The molecule has 1 saturated carbocycles. The lowest BCUT2D eigenvalue weighted by Crippen LogP contribution is -2.53. The fourth-order valence-electron chi connectivity index (χ4n) is 3.28. The fraction of sp³-hybridized carbons (Fsp3) is 0.444. The molecule has 2 aromatic heterocycles. The summed E-state index contributed by atoms with van der Waals surface area (Å²) in [4.78, 5) is 37.8. The number of hydrogen-bond acceptors (Lipinski definition) is 6. The van der Waals surface area contributed by atoms with E-state index in [1.54, 1.807) is 41.8 Å². The molecule has 0 unspecified atom stereocenters. The summed E-state index contributed by atoms with van der Waals surface area (Å²) in [6.07, 6.45) is 6.20. The third-order valence-corrected chi connectivity index (χ3v) is 5.00. The molecule has 2 fully saturated rings. The SMILES string of the molecule is O=C(NCc1ccco1)C1(C(=O)N2CCN(c3ncccn3)CC2)CC1. The van der Waals surface area contributed by atoms with Crippen molar-refractivity contribution in [2.24, 2.45) is 5.41 Å². The van der Waals surface area contributed by atoms with Crippen LogP contribution in [-0.2, 0) is 16.1 Å². The van der Waals surface area contributed by atoms with E-state index < -0.39 is 5.41 Å². The van der Waals surface area contributed by atoms with E-state index in [0.717, 1.165) is 0 Å². The summed E-state index contributed by atoms with van der Waals surface area (Å²) < 4.78 is 5.22. The van der Waals surface area contributed by atoms with E-state index in [1.807, 2.05) is 0 Å². The van der Waals surface area contributed by atoms with Gasteiger partial charge in [-0.2, -0.15) is 0 Å². The predicted octanol–water partition coefficient (Wildman–Crippen LogP) is 0.815. The number of rotatable bonds is 5. The first-order valence-electron chi connectivity index (χ1n) is 8.81. The van der Waals surface area contributed by atoms with Crippen molar-refractivity contribution in [3.63, 3.8) is 0 Å². The van der Waals surface area contributed by atoms with Crippen LogP contribution < -0.4 is 10.2 Å². The summed E-state index contributed by atoms with van der Waals surface area (Å²) in [5, 5.41) is 2.83. The van der Waals surface area contributed by atoms with Crippen molar-refractivity contribution >= 4 is 17.8 Å². The van der Waals surface area contributed by atoms with Crippen LogP contribution in [-0.4, -0.2) is 52.9 Å². The summed E-state index contributed by atoms with van der Waals surface area (Å²) in [5.41, 5.74) is -0.891. The Bertz CT molecular complexity index is 765. The number of piperazine rings is 1. The second kappa shape index (κ2) is 6.78. The predicted molar refractivity (Wildman–Crippen MR) is 93.0 cm³/mol. The Morgan fingerprint density at radius 2 is 1.85 bits per heavy atom. The molecule has 0 aromatic carbocycles. The van der Waals surface area contributed by atoms with Gasteiger partial charge in [-0.1, -0.05) is 0 Å². The summed E-state index contributed by atoms with van der Waals surface area (Å²) in [6, 6.07) is 5.35. The van der Waals surface area contributed by atoms with Gasteiger partial charge in [0.2, 0.25) is 17.8 Å². The largest absolute Gasteiger partial charge is 0.467 e. The van der Waals surface area contributed by atoms with Crippen LogP contribution in [0.2, 0.25) is 0 Å². The van der Waals surface area contributed by atoms with Gasteiger partial charge in [0.05, 0.1) is 12.8 Å². The smallest absolute Gasteiger partial charge is 0.238 e. The Balaban J connectivity index is 1.33. The molecule has 8 nitrogen and oxygen atoms in total. The van der Waals surface area contributed by atoms with Crippen LogP contribution in [0.15, 0.2) is 41.3 Å². The zero-order valence-corrected chi connectivity index (χ0v) is 14.4. The van der Waals surface area contributed by atoms with E-state index in [0.29, 0.717) is 57.3 Å². The average Bonchev–Trinajstić information content (AvgIpc) is 3.35. The molecule has 4 rings (SSSR count). The Morgan fingerprint density at radius 3 is 2.46 bits per heavy atom. The van der Waals surface area contributed by atoms with Crippen LogP contribution >= 0.6 is 0 Å². The van der Waals surface area contributed by atoms with Crippen LogP contribution in [0, 0.1) is 5.41 Å². The lowest BCUT2D eigenvalue weighted by Gasteiger charge is -2.36. The number of carbonyl (C=O) groups excluding carboxylic acids is 2. The zero-order chi connectivity index (χ0) is 18.0. The summed E-state index contributed by atoms with van der Waals surface area (Å²) in [5.74, 6) is 1.09. The molecule has 0 atom stereocenters. The topological polar surface area (TPSA) is 91.6 Å². The van der Waals surface area contributed by atoms with E-state index in [-0.39, 0.29) is 11.8 Å². The van der Waals surface area contributed by atoms with Gasteiger partial charge in [-0.15, -0.1) is 0 Å². The third-order valence-electron chi connectivity index (χ3n) is 5.00. The molecule has 26 heavy (non-hydrogen) atoms. The molecule has 3 heterocycles. The van der Waals surface area contributed by atoms with Gasteiger partial charge in [-0.05, 0) is 31.0 Å². The molecule has 0 bridgehead atoms. The van der Waals surface area contributed by atoms with Crippen LogP contribution in [0.4, 0.5) is 5.95 Å². The summed E-state index contributed by atoms with van der Waals surface area (Å²) >= 11 is 0. The van der Waals surface area contributed by atoms with Crippen molar-refractivity contribution < 1.29 is 14.0 Å². The maximum atomic E-state index is 12.9. The minimum atomic E-state index is -0.891. The molecular formula is C18H21N5O3. The number of furan rings is 1. The van der Waals surface area contributed by atoms with Gasteiger partial charge in [0.15, 0.2) is 0 Å². The quantitative estimate of drug-likeness (QED) is 0.798. The minimum Gasteiger partial charge on any atom is -0.467 e. The Labute approximate surface area is 151 Å². The van der Waals surface area contributed by atoms with Crippen molar-refractivity contribution in [1.82, 2.24) is 20.2 Å². The molecule has 2 aromatic rings. The van der Waals surface area contributed by atoms with Crippen LogP contribution in [0.3, 0.4) is 0 Å². The molecule has 1 N–H and O–H groups in total. The highest BCUT2D eigenvalue weighted by molar-refractivity contribution is 6.07. The molecular weight excluding hydrogens is 334 g/mol. The van der Waals surface area contributed by atoms with Crippen molar-refractivity contribution in [2.75, 3.05) is 31.1 Å². The first kappa shape index (κ1) is 16.6. The van der Waals surface area contributed by atoms with E-state index in [2.05, 4.69) is 20.2 Å². The molecule has 8 heteroatoms. The van der Waals surface area contributed by atoms with Gasteiger partial charge in [-0.25, -0.2) is 9.97 Å². The highest BCUT2D eigenvalue weighted by Gasteiger charge is 2.58. The minimum absolute atomic E-state index is 0.0666. The van der Waals surface area contributed by atoms with Gasteiger partial charge in [0, 0.05) is 38.6 Å². The number of carbonyl (C=O) groups is 2. The molecule has 1 aliphatic carbocycles. The van der Waals surface area contributed by atoms with Crippen LogP contribution in [0.25, 0.3) is 0 Å². The number of hydrogen-bond donors (Lipinski definition) is 1. The molecule has 0 radical (unpaired) electrons. The standard InChI is InChI=1S/C18H21N5O3/c24-15(21-13-14-3-1-12-26-14)18(4-5-18)16(25)22-8-10-23(11-9-22)17-19-6-2-7-20-17/h1-3,6-7,12H,4-5,8-11,13H2,(H,21,24). The van der Waals surface area contributed by atoms with Crippen molar-refractivity contribution in [2.45, 2.75) is 19.4 Å². The van der Waals surface area contributed by atoms with E-state index in [4.69, 9.17) is 4.42 Å². The lowest BCUT2D eigenvalue weighted by molar-refractivity contribution is -0.144. The number of aromatic nitrogens is 2. The third kappa shape index (κ3) is 3.14. The van der Waals surface area contributed by atoms with Gasteiger partial charge >= 0.3 is 0 Å². The van der Waals surface area contributed by atoms with Crippen LogP contribution in [0.5, 0.6) is 0 Å². The number of amides is 2. The van der Waals surface area contributed by atoms with Crippen LogP contribution in [0.1, 0.15) is 18.6 Å². The molecule has 1 aliphatic heterocycles. The van der Waals surface area contributed by atoms with E-state index >= 15 is 0 Å². The number of nitrogens with zero attached hydrogens (tertiary/aromatic N) is 4. The van der Waals surface area contributed by atoms with Gasteiger partial charge < -0.3 is 19.5 Å². The number of anilines is 1. The molecule has 2 aliphatic rings. The Morgan fingerprint density at radius 1 is 1.12 bits per heavy atom. The summed E-state index contributed by atoms with van der Waals surface area (Å²) in [7, 11) is 0. The monoisotopic (exact) mass is 355 g/mol. The molecule has 136 valence electrons. The Hall–Kier alpha value is -2.90. The van der Waals surface area contributed by atoms with Crippen molar-refractivity contribution in [1.29, 1.82) is 0 Å². The molecule has 2 amide bonds. The van der Waals surface area contributed by atoms with Crippen molar-refractivity contribution in [3.8, 4) is 0 Å². The second-order valence-electron chi connectivity index (χ2n) is 6.67. The zero-order valence-electron chi connectivity index (χ0n) is 14.4. The fourth-order valence-corrected chi connectivity index (χ4v) is 3.28. The maximum Gasteiger partial charge on any atom is 0.238 e. The first-order valence-corrected chi connectivity index (χ1v) is 8.81. The van der Waals surface area contributed by atoms with E-state index in [1.165, 1.54) is 0 Å². The second-order valence-corrected chi connectivity index (χ2v) is 6.67. The summed E-state index contributed by atoms with van der Waals surface area (Å²) in [6.45, 7) is 2.79. The van der Waals surface area contributed by atoms with Gasteiger partial charge in [0.25, 0.3) is 0 Å². The molecule has 1 saturated heterocycles. The maximum absolute atomic E-state index is 12.9.